The lowest BCUT2D eigenvalue weighted by Gasteiger charge is -2.34. The van der Waals surface area contributed by atoms with Gasteiger partial charge in [-0.15, -0.1) is 0 Å². The fourth-order valence-corrected chi connectivity index (χ4v) is 3.38. The van der Waals surface area contributed by atoms with Gasteiger partial charge in [0, 0.05) is 22.5 Å². The van der Waals surface area contributed by atoms with Crippen molar-refractivity contribution in [1.82, 2.24) is 9.88 Å². The normalized spacial score (nSPS) is 16.3. The first kappa shape index (κ1) is 20.5. The zero-order valence-corrected chi connectivity index (χ0v) is 17.0. The van der Waals surface area contributed by atoms with Crippen molar-refractivity contribution in [3.63, 3.8) is 0 Å². The van der Waals surface area contributed by atoms with Crippen LogP contribution in [0.5, 0.6) is 0 Å². The summed E-state index contributed by atoms with van der Waals surface area (Å²) in [6.45, 7) is 1.60. The van der Waals surface area contributed by atoms with Gasteiger partial charge in [-0.2, -0.15) is 0 Å². The predicted octanol–water partition coefficient (Wildman–Crippen LogP) is 3.16. The van der Waals surface area contributed by atoms with Crippen LogP contribution in [-0.4, -0.2) is 48.4 Å². The summed E-state index contributed by atoms with van der Waals surface area (Å²) in [4.78, 5) is 35.5. The maximum absolute atomic E-state index is 12.7. The second-order valence-corrected chi connectivity index (χ2v) is 6.65. The van der Waals surface area contributed by atoms with Crippen LogP contribution in [0.25, 0.3) is 0 Å². The Morgan fingerprint density at radius 1 is 1.10 bits per heavy atom. The maximum Gasteiger partial charge on any atom is 0.338 e. The second-order valence-electron chi connectivity index (χ2n) is 6.24. The highest BCUT2D eigenvalue weighted by atomic mass is 35.5. The summed E-state index contributed by atoms with van der Waals surface area (Å²) in [5.74, 6) is -0.592. The summed E-state index contributed by atoms with van der Waals surface area (Å²) in [5.41, 5.74) is 2.02. The topological polar surface area (TPSA) is 81.1 Å². The number of halogens is 1. The van der Waals surface area contributed by atoms with Crippen molar-refractivity contribution in [1.29, 1.82) is 0 Å². The molecule has 0 aliphatic carbocycles. The lowest BCUT2D eigenvalue weighted by Crippen LogP contribution is -2.41. The minimum absolute atomic E-state index is 0.131. The first-order valence-corrected chi connectivity index (χ1v) is 9.22. The third-order valence-electron chi connectivity index (χ3n) is 4.59. The Balaban J connectivity index is 2.23. The van der Waals surface area contributed by atoms with Gasteiger partial charge < -0.3 is 14.4 Å². The molecule has 0 saturated carbocycles. The Morgan fingerprint density at radius 2 is 1.83 bits per heavy atom. The van der Waals surface area contributed by atoms with E-state index in [2.05, 4.69) is 4.98 Å². The number of allylic oxidation sites excluding steroid dienone is 1. The molecule has 7 nitrogen and oxygen atoms in total. The molecular weight excluding hydrogens is 394 g/mol. The largest absolute Gasteiger partial charge is 0.468 e. The molecule has 1 aromatic heterocycles. The lowest BCUT2D eigenvalue weighted by atomic mass is 9.95. The lowest BCUT2D eigenvalue weighted by molar-refractivity contribution is -0.141. The quantitative estimate of drug-likeness (QED) is 0.700. The van der Waals surface area contributed by atoms with E-state index >= 15 is 0 Å². The molecule has 0 fully saturated rings. The first-order chi connectivity index (χ1) is 14.0. The second kappa shape index (κ2) is 8.87. The predicted molar refractivity (Wildman–Crippen MR) is 108 cm³/mol. The van der Waals surface area contributed by atoms with Crippen molar-refractivity contribution in [2.75, 3.05) is 20.8 Å². The highest BCUT2D eigenvalue weighted by Gasteiger charge is 2.36. The number of amidine groups is 1. The maximum atomic E-state index is 12.7. The average molecular weight is 414 g/mol. The van der Waals surface area contributed by atoms with E-state index in [4.69, 9.17) is 26.1 Å². The molecule has 150 valence electrons. The number of aliphatic imine (C=N–C) groups is 1. The van der Waals surface area contributed by atoms with Gasteiger partial charge in [-0.3, -0.25) is 14.8 Å². The molecule has 1 aromatic carbocycles. The number of pyridine rings is 1. The van der Waals surface area contributed by atoms with Crippen LogP contribution >= 0.6 is 11.6 Å². The van der Waals surface area contributed by atoms with E-state index < -0.39 is 18.0 Å². The SMILES string of the molecule is COC(=O)CN1C(c2ccccn2)=NC(c2ccccc2Cl)C(C(=O)OC)=C1C. The molecule has 8 heteroatoms. The molecule has 2 heterocycles. The monoisotopic (exact) mass is 413 g/mol. The number of carbonyl (C=O) groups excluding carboxylic acids is 2. The summed E-state index contributed by atoms with van der Waals surface area (Å²) in [6.07, 6.45) is 1.63. The van der Waals surface area contributed by atoms with Gasteiger partial charge in [-0.25, -0.2) is 4.79 Å². The van der Waals surface area contributed by atoms with Gasteiger partial charge >= 0.3 is 11.9 Å². The molecule has 0 N–H and O–H groups in total. The third-order valence-corrected chi connectivity index (χ3v) is 4.93. The average Bonchev–Trinajstić information content (AvgIpc) is 2.75. The molecule has 0 radical (unpaired) electrons. The molecule has 1 aliphatic rings. The van der Waals surface area contributed by atoms with Crippen LogP contribution in [0.2, 0.25) is 5.02 Å². The van der Waals surface area contributed by atoms with E-state index in [1.165, 1.54) is 14.2 Å². The standard InChI is InChI=1S/C21H20ClN3O4/c1-13-18(21(27)29-3)19(14-8-4-5-9-15(14)22)24-20(16-10-6-7-11-23-16)25(13)12-17(26)28-2/h4-11,19H,12H2,1-3H3. The summed E-state index contributed by atoms with van der Waals surface area (Å²) < 4.78 is 9.83. The van der Waals surface area contributed by atoms with Gasteiger partial charge in [0.1, 0.15) is 18.3 Å². The number of carbonyl (C=O) groups is 2. The van der Waals surface area contributed by atoms with Crippen molar-refractivity contribution in [2.45, 2.75) is 13.0 Å². The molecule has 1 atom stereocenters. The highest BCUT2D eigenvalue weighted by molar-refractivity contribution is 6.31. The van der Waals surface area contributed by atoms with Crippen LogP contribution < -0.4 is 0 Å². The summed E-state index contributed by atoms with van der Waals surface area (Å²) in [6, 6.07) is 11.8. The Labute approximate surface area is 173 Å². The number of aromatic nitrogens is 1. The van der Waals surface area contributed by atoms with Gasteiger partial charge in [0.15, 0.2) is 5.84 Å². The van der Waals surface area contributed by atoms with Gasteiger partial charge in [-0.1, -0.05) is 35.9 Å². The fraction of sp³-hybridized carbons (Fsp3) is 0.238. The van der Waals surface area contributed by atoms with Crippen LogP contribution in [0.4, 0.5) is 0 Å². The molecule has 1 unspecified atom stereocenters. The van der Waals surface area contributed by atoms with E-state index in [0.717, 1.165) is 0 Å². The van der Waals surface area contributed by atoms with Crippen LogP contribution in [0, 0.1) is 0 Å². The smallest absolute Gasteiger partial charge is 0.338 e. The van der Waals surface area contributed by atoms with Crippen molar-refractivity contribution in [3.05, 3.63) is 76.2 Å². The van der Waals surface area contributed by atoms with Crippen LogP contribution in [-0.2, 0) is 19.1 Å². The van der Waals surface area contributed by atoms with E-state index in [0.29, 0.717) is 33.4 Å². The molecule has 1 aliphatic heterocycles. The van der Waals surface area contributed by atoms with Crippen LogP contribution in [0.1, 0.15) is 24.2 Å². The number of benzene rings is 1. The number of nitrogens with zero attached hydrogens (tertiary/aromatic N) is 3. The Morgan fingerprint density at radius 3 is 2.45 bits per heavy atom. The number of methoxy groups -OCH3 is 2. The highest BCUT2D eigenvalue weighted by Crippen LogP contribution is 2.38. The van der Waals surface area contributed by atoms with E-state index in [1.807, 2.05) is 12.1 Å². The number of hydrogen-bond donors (Lipinski definition) is 0. The molecule has 29 heavy (non-hydrogen) atoms. The summed E-state index contributed by atoms with van der Waals surface area (Å²) in [5, 5.41) is 0.470. The van der Waals surface area contributed by atoms with Crippen molar-refractivity contribution in [2.24, 2.45) is 4.99 Å². The minimum Gasteiger partial charge on any atom is -0.468 e. The number of hydrogen-bond acceptors (Lipinski definition) is 7. The van der Waals surface area contributed by atoms with Gasteiger partial charge in [0.05, 0.1) is 19.8 Å². The zero-order valence-electron chi connectivity index (χ0n) is 16.3. The molecule has 3 rings (SSSR count). The molecule has 0 saturated heterocycles. The third kappa shape index (κ3) is 4.14. The summed E-state index contributed by atoms with van der Waals surface area (Å²) in [7, 11) is 2.60. The minimum atomic E-state index is -0.706. The molecule has 0 amide bonds. The van der Waals surface area contributed by atoms with E-state index in [9.17, 15) is 9.59 Å². The van der Waals surface area contributed by atoms with Crippen LogP contribution in [0.3, 0.4) is 0 Å². The molecule has 0 bridgehead atoms. The summed E-state index contributed by atoms with van der Waals surface area (Å²) >= 11 is 6.41. The zero-order chi connectivity index (χ0) is 21.0. The van der Waals surface area contributed by atoms with E-state index in [-0.39, 0.29) is 6.54 Å². The first-order valence-electron chi connectivity index (χ1n) is 8.85. The Kier molecular flexibility index (Phi) is 6.29. The number of ether oxygens (including phenoxy) is 2. The van der Waals surface area contributed by atoms with E-state index in [1.54, 1.807) is 48.4 Å². The van der Waals surface area contributed by atoms with Gasteiger partial charge in [-0.05, 0) is 25.1 Å². The number of esters is 2. The van der Waals surface area contributed by atoms with Crippen molar-refractivity contribution in [3.8, 4) is 0 Å². The molecule has 2 aromatic rings. The fourth-order valence-electron chi connectivity index (χ4n) is 3.14. The Hall–Kier alpha value is -3.19. The van der Waals surface area contributed by atoms with Gasteiger partial charge in [0.25, 0.3) is 0 Å². The molecule has 0 spiro atoms. The van der Waals surface area contributed by atoms with Crippen LogP contribution in [0.15, 0.2) is 64.9 Å². The Bertz CT molecular complexity index is 988. The molecular formula is C21H20ClN3O4. The van der Waals surface area contributed by atoms with Crippen molar-refractivity contribution < 1.29 is 19.1 Å². The van der Waals surface area contributed by atoms with Crippen molar-refractivity contribution >= 4 is 29.4 Å². The number of rotatable bonds is 5. The van der Waals surface area contributed by atoms with Gasteiger partial charge in [0.2, 0.25) is 0 Å².